The second-order valence-electron chi connectivity index (χ2n) is 6.97. The maximum absolute atomic E-state index is 13.0. The van der Waals surface area contributed by atoms with Crippen LogP contribution in [0.25, 0.3) is 0 Å². The first-order valence-corrected chi connectivity index (χ1v) is 12.7. The minimum Gasteiger partial charge on any atom is -0.382 e. The summed E-state index contributed by atoms with van der Waals surface area (Å²) in [6.45, 7) is 4.75. The van der Waals surface area contributed by atoms with Crippen molar-refractivity contribution in [1.82, 2.24) is 9.62 Å². The Balaban J connectivity index is 1.66. The van der Waals surface area contributed by atoms with Crippen LogP contribution in [0.1, 0.15) is 33.4 Å². The van der Waals surface area contributed by atoms with Gasteiger partial charge in [-0.3, -0.25) is 9.59 Å². The summed E-state index contributed by atoms with van der Waals surface area (Å²) in [5, 5.41) is 7.09. The summed E-state index contributed by atoms with van der Waals surface area (Å²) in [4.78, 5) is 25.3. The van der Waals surface area contributed by atoms with Crippen molar-refractivity contribution >= 4 is 38.9 Å². The number of benzene rings is 1. The number of carbonyl (C=O) groups is 2. The Morgan fingerprint density at radius 3 is 2.72 bits per heavy atom. The maximum Gasteiger partial charge on any atom is 0.267 e. The molecule has 0 radical (unpaired) electrons. The van der Waals surface area contributed by atoms with Crippen molar-refractivity contribution in [2.45, 2.75) is 18.2 Å². The summed E-state index contributed by atoms with van der Waals surface area (Å²) in [5.74, 6) is -0.801. The highest BCUT2D eigenvalue weighted by Gasteiger charge is 2.31. The number of hydrogen-bond acceptors (Lipinski definition) is 7. The number of morpholine rings is 1. The van der Waals surface area contributed by atoms with E-state index in [9.17, 15) is 18.0 Å². The number of ether oxygens (including phenoxy) is 2. The number of carbonyl (C=O) groups excluding carboxylic acids is 2. The van der Waals surface area contributed by atoms with Crippen molar-refractivity contribution < 1.29 is 27.5 Å². The predicted molar refractivity (Wildman–Crippen MR) is 122 cm³/mol. The van der Waals surface area contributed by atoms with Gasteiger partial charge in [0, 0.05) is 44.1 Å². The van der Waals surface area contributed by atoms with Crippen LogP contribution in [0.15, 0.2) is 40.6 Å². The molecule has 2 heterocycles. The molecule has 1 saturated heterocycles. The fourth-order valence-corrected chi connectivity index (χ4v) is 5.84. The molecule has 2 amide bonds. The van der Waals surface area contributed by atoms with Crippen LogP contribution in [0.5, 0.6) is 0 Å². The van der Waals surface area contributed by atoms with E-state index in [2.05, 4.69) is 10.6 Å². The molecule has 0 saturated carbocycles. The largest absolute Gasteiger partial charge is 0.382 e. The van der Waals surface area contributed by atoms with E-state index in [1.165, 1.54) is 10.4 Å². The van der Waals surface area contributed by atoms with E-state index in [0.717, 1.165) is 11.3 Å². The molecular formula is C21H27N3O6S2. The van der Waals surface area contributed by atoms with Gasteiger partial charge in [-0.2, -0.15) is 4.31 Å². The van der Waals surface area contributed by atoms with Crippen LogP contribution >= 0.6 is 11.3 Å². The first-order chi connectivity index (χ1) is 15.4. The molecule has 2 aromatic rings. The standard InChI is InChI=1S/C21H27N3O6S2/c1-2-29-11-4-8-22-20(25)16-5-3-6-17(15-16)23-21(26)19-18(7-14-31-19)32(27,28)24-9-12-30-13-10-24/h3,5-7,14-15H,2,4,8-13H2,1H3,(H,22,25)(H,23,26). The number of thiophene rings is 1. The normalized spacial score (nSPS) is 14.8. The smallest absolute Gasteiger partial charge is 0.267 e. The Hall–Kier alpha value is -2.31. The van der Waals surface area contributed by atoms with Gasteiger partial charge in [-0.1, -0.05) is 6.07 Å². The van der Waals surface area contributed by atoms with Crippen molar-refractivity contribution in [3.8, 4) is 0 Å². The summed E-state index contributed by atoms with van der Waals surface area (Å²) in [5.41, 5.74) is 0.798. The molecule has 1 aliphatic rings. The van der Waals surface area contributed by atoms with Crippen LogP contribution in [-0.2, 0) is 19.5 Å². The third-order valence-corrected chi connectivity index (χ3v) is 7.74. The Bertz CT molecular complexity index is 1030. The number of rotatable bonds is 10. The number of sulfonamides is 1. The fourth-order valence-electron chi connectivity index (χ4n) is 3.14. The van der Waals surface area contributed by atoms with Gasteiger partial charge in [-0.05, 0) is 43.0 Å². The molecule has 3 rings (SSSR count). The molecule has 11 heteroatoms. The summed E-state index contributed by atoms with van der Waals surface area (Å²) >= 11 is 1.06. The SMILES string of the molecule is CCOCCCNC(=O)c1cccc(NC(=O)c2sccc2S(=O)(=O)N2CCOCC2)c1. The molecular weight excluding hydrogens is 454 g/mol. The van der Waals surface area contributed by atoms with E-state index in [-0.39, 0.29) is 28.8 Å². The number of amides is 2. The summed E-state index contributed by atoms with van der Waals surface area (Å²) < 4.78 is 37.7. The lowest BCUT2D eigenvalue weighted by Crippen LogP contribution is -2.41. The number of nitrogens with one attached hydrogen (secondary N) is 2. The Morgan fingerprint density at radius 1 is 1.19 bits per heavy atom. The van der Waals surface area contributed by atoms with Gasteiger partial charge < -0.3 is 20.1 Å². The highest BCUT2D eigenvalue weighted by Crippen LogP contribution is 2.27. The van der Waals surface area contributed by atoms with Gasteiger partial charge in [0.15, 0.2) is 0 Å². The van der Waals surface area contributed by atoms with Gasteiger partial charge in [0.25, 0.3) is 11.8 Å². The Labute approximate surface area is 191 Å². The molecule has 0 bridgehead atoms. The lowest BCUT2D eigenvalue weighted by atomic mass is 10.2. The van der Waals surface area contributed by atoms with Crippen molar-refractivity contribution in [3.63, 3.8) is 0 Å². The second kappa shape index (κ2) is 11.5. The molecule has 9 nitrogen and oxygen atoms in total. The highest BCUT2D eigenvalue weighted by molar-refractivity contribution is 7.89. The highest BCUT2D eigenvalue weighted by atomic mass is 32.2. The zero-order chi connectivity index (χ0) is 23.0. The molecule has 32 heavy (non-hydrogen) atoms. The molecule has 1 aliphatic heterocycles. The van der Waals surface area contributed by atoms with Gasteiger partial charge in [0.2, 0.25) is 10.0 Å². The van der Waals surface area contributed by atoms with Gasteiger partial charge in [-0.15, -0.1) is 11.3 Å². The van der Waals surface area contributed by atoms with Crippen LogP contribution in [-0.4, -0.2) is 70.6 Å². The van der Waals surface area contributed by atoms with Crippen LogP contribution in [0.4, 0.5) is 5.69 Å². The van der Waals surface area contributed by atoms with Crippen molar-refractivity contribution in [2.24, 2.45) is 0 Å². The van der Waals surface area contributed by atoms with E-state index in [1.807, 2.05) is 6.92 Å². The fraction of sp³-hybridized carbons (Fsp3) is 0.429. The second-order valence-corrected chi connectivity index (χ2v) is 9.79. The molecule has 0 spiro atoms. The molecule has 1 aromatic carbocycles. The van der Waals surface area contributed by atoms with E-state index in [4.69, 9.17) is 9.47 Å². The lowest BCUT2D eigenvalue weighted by molar-refractivity contribution is 0.0730. The molecule has 1 aromatic heterocycles. The van der Waals surface area contributed by atoms with Crippen LogP contribution in [0, 0.1) is 0 Å². The number of nitrogens with zero attached hydrogens (tertiary/aromatic N) is 1. The first-order valence-electron chi connectivity index (χ1n) is 10.4. The van der Waals surface area contributed by atoms with Crippen molar-refractivity contribution in [2.75, 3.05) is 51.4 Å². The molecule has 1 fully saturated rings. The number of hydrogen-bond donors (Lipinski definition) is 2. The van der Waals surface area contributed by atoms with Gasteiger partial charge in [-0.25, -0.2) is 8.42 Å². The molecule has 174 valence electrons. The molecule has 0 aliphatic carbocycles. The monoisotopic (exact) mass is 481 g/mol. The van der Waals surface area contributed by atoms with E-state index in [1.54, 1.807) is 29.6 Å². The van der Waals surface area contributed by atoms with E-state index in [0.29, 0.717) is 50.6 Å². The van der Waals surface area contributed by atoms with Gasteiger partial charge in [0.1, 0.15) is 9.77 Å². The van der Waals surface area contributed by atoms with Crippen molar-refractivity contribution in [1.29, 1.82) is 0 Å². The third-order valence-electron chi connectivity index (χ3n) is 4.76. The zero-order valence-corrected chi connectivity index (χ0v) is 19.5. The molecule has 0 unspecified atom stereocenters. The first kappa shape index (κ1) is 24.3. The maximum atomic E-state index is 13.0. The minimum atomic E-state index is -3.80. The molecule has 0 atom stereocenters. The zero-order valence-electron chi connectivity index (χ0n) is 17.8. The van der Waals surface area contributed by atoms with Gasteiger partial charge in [0.05, 0.1) is 13.2 Å². The average Bonchev–Trinajstić information content (AvgIpc) is 3.31. The van der Waals surface area contributed by atoms with Crippen LogP contribution in [0.2, 0.25) is 0 Å². The summed E-state index contributed by atoms with van der Waals surface area (Å²) in [7, 11) is -3.80. The molecule has 2 N–H and O–H groups in total. The Morgan fingerprint density at radius 2 is 1.97 bits per heavy atom. The summed E-state index contributed by atoms with van der Waals surface area (Å²) in [6, 6.07) is 7.95. The average molecular weight is 482 g/mol. The van der Waals surface area contributed by atoms with Crippen LogP contribution < -0.4 is 10.6 Å². The number of anilines is 1. The van der Waals surface area contributed by atoms with E-state index >= 15 is 0 Å². The lowest BCUT2D eigenvalue weighted by Gasteiger charge is -2.26. The third kappa shape index (κ3) is 6.14. The van der Waals surface area contributed by atoms with Gasteiger partial charge >= 0.3 is 0 Å². The van der Waals surface area contributed by atoms with Crippen LogP contribution in [0.3, 0.4) is 0 Å². The van der Waals surface area contributed by atoms with E-state index < -0.39 is 15.9 Å². The topological polar surface area (TPSA) is 114 Å². The minimum absolute atomic E-state index is 0.0231. The van der Waals surface area contributed by atoms with Crippen molar-refractivity contribution in [3.05, 3.63) is 46.2 Å². The summed E-state index contributed by atoms with van der Waals surface area (Å²) in [6.07, 6.45) is 0.703. The predicted octanol–water partition coefficient (Wildman–Crippen LogP) is 2.18. The quantitative estimate of drug-likeness (QED) is 0.503. The Kier molecular flexibility index (Phi) is 8.76.